The molecule has 1 aromatic rings. The topological polar surface area (TPSA) is 71.2 Å². The van der Waals surface area contributed by atoms with E-state index < -0.39 is 0 Å². The first-order valence-corrected chi connectivity index (χ1v) is 7.30. The number of nitrogens with zero attached hydrogens (tertiary/aromatic N) is 2. The van der Waals surface area contributed by atoms with Gasteiger partial charge < -0.3 is 16.0 Å². The summed E-state index contributed by atoms with van der Waals surface area (Å²) < 4.78 is 0. The zero-order valence-electron chi connectivity index (χ0n) is 10.9. The molecule has 1 aliphatic rings. The van der Waals surface area contributed by atoms with Crippen LogP contribution in [0.15, 0.2) is 0 Å². The normalized spacial score (nSPS) is 14.6. The Bertz CT molecular complexity index is 428. The Morgan fingerprint density at radius 2 is 2.28 bits per heavy atom. The first-order chi connectivity index (χ1) is 8.67. The van der Waals surface area contributed by atoms with E-state index in [2.05, 4.69) is 17.2 Å². The van der Waals surface area contributed by atoms with Gasteiger partial charge in [0.15, 0.2) is 5.13 Å². The summed E-state index contributed by atoms with van der Waals surface area (Å²) in [6.45, 7) is 5.67. The van der Waals surface area contributed by atoms with Crippen LogP contribution in [-0.4, -0.2) is 34.9 Å². The molecule has 0 saturated heterocycles. The number of carbonyl (C=O) groups is 1. The van der Waals surface area contributed by atoms with E-state index in [9.17, 15) is 4.79 Å². The molecule has 3 N–H and O–H groups in total. The Hall–Kier alpha value is -1.30. The summed E-state index contributed by atoms with van der Waals surface area (Å²) in [5.74, 6) is 0.377. The quantitative estimate of drug-likeness (QED) is 0.829. The Balaban J connectivity index is 2.11. The monoisotopic (exact) mass is 268 g/mol. The molecule has 1 amide bonds. The van der Waals surface area contributed by atoms with Gasteiger partial charge in [0, 0.05) is 19.1 Å². The van der Waals surface area contributed by atoms with Crippen molar-refractivity contribution in [3.63, 3.8) is 0 Å². The molecule has 1 saturated carbocycles. The number of amides is 1. The van der Waals surface area contributed by atoms with E-state index in [0.29, 0.717) is 16.7 Å². The lowest BCUT2D eigenvalue weighted by molar-refractivity contribution is 0.0758. The van der Waals surface area contributed by atoms with Gasteiger partial charge in [-0.3, -0.25) is 4.79 Å². The third kappa shape index (κ3) is 2.75. The van der Waals surface area contributed by atoms with Crippen LogP contribution >= 0.6 is 11.3 Å². The fourth-order valence-corrected chi connectivity index (χ4v) is 2.74. The van der Waals surface area contributed by atoms with Crippen LogP contribution in [-0.2, 0) is 0 Å². The van der Waals surface area contributed by atoms with Crippen LogP contribution in [0.25, 0.3) is 0 Å². The summed E-state index contributed by atoms with van der Waals surface area (Å²) in [4.78, 5) is 19.0. The van der Waals surface area contributed by atoms with Crippen LogP contribution in [0.3, 0.4) is 0 Å². The van der Waals surface area contributed by atoms with E-state index in [4.69, 9.17) is 5.73 Å². The maximum absolute atomic E-state index is 12.4. The summed E-state index contributed by atoms with van der Waals surface area (Å²) in [6.07, 6.45) is 3.24. The highest BCUT2D eigenvalue weighted by Crippen LogP contribution is 2.32. The number of hydrogen-bond donors (Lipinski definition) is 2. The standard InChI is InChI=1S/C12H20N4OS/c1-3-7-14-12-15-10(13)9(18-12)11(17)16(4-2)8-5-6-8/h8H,3-7,13H2,1-2H3,(H,14,15). The van der Waals surface area contributed by atoms with Gasteiger partial charge in [-0.2, -0.15) is 0 Å². The molecule has 6 heteroatoms. The van der Waals surface area contributed by atoms with Gasteiger partial charge in [-0.25, -0.2) is 4.98 Å². The molecule has 0 radical (unpaired) electrons. The number of nitrogens with one attached hydrogen (secondary N) is 1. The van der Waals surface area contributed by atoms with E-state index >= 15 is 0 Å². The highest BCUT2D eigenvalue weighted by Gasteiger charge is 2.33. The zero-order chi connectivity index (χ0) is 13.1. The SMILES string of the molecule is CCCNc1nc(N)c(C(=O)N(CC)C2CC2)s1. The van der Waals surface area contributed by atoms with E-state index in [1.807, 2.05) is 11.8 Å². The fraction of sp³-hybridized carbons (Fsp3) is 0.667. The third-order valence-corrected chi connectivity index (χ3v) is 3.98. The molecule has 0 atom stereocenters. The van der Waals surface area contributed by atoms with Gasteiger partial charge in [0.25, 0.3) is 5.91 Å². The highest BCUT2D eigenvalue weighted by molar-refractivity contribution is 7.18. The van der Waals surface area contributed by atoms with Crippen molar-refractivity contribution in [2.24, 2.45) is 0 Å². The average molecular weight is 268 g/mol. The van der Waals surface area contributed by atoms with Crippen LogP contribution in [0.5, 0.6) is 0 Å². The number of thiazole rings is 1. The first-order valence-electron chi connectivity index (χ1n) is 6.48. The van der Waals surface area contributed by atoms with Crippen LogP contribution in [0.1, 0.15) is 42.8 Å². The lowest BCUT2D eigenvalue weighted by atomic mass is 10.4. The summed E-state index contributed by atoms with van der Waals surface area (Å²) in [5, 5.41) is 3.91. The average Bonchev–Trinajstić information content (AvgIpc) is 3.11. The molecule has 0 aliphatic heterocycles. The van der Waals surface area contributed by atoms with Crippen LogP contribution in [0.4, 0.5) is 10.9 Å². The highest BCUT2D eigenvalue weighted by atomic mass is 32.1. The van der Waals surface area contributed by atoms with Crippen molar-refractivity contribution >= 4 is 28.2 Å². The molecule has 1 aromatic heterocycles. The van der Waals surface area contributed by atoms with Crippen molar-refractivity contribution in [2.45, 2.75) is 39.2 Å². The molecular weight excluding hydrogens is 248 g/mol. The van der Waals surface area contributed by atoms with Gasteiger partial charge in [-0.15, -0.1) is 0 Å². The Kier molecular flexibility index (Phi) is 4.06. The molecule has 18 heavy (non-hydrogen) atoms. The number of carbonyl (C=O) groups excluding carboxylic acids is 1. The van der Waals surface area contributed by atoms with Gasteiger partial charge in [0.05, 0.1) is 0 Å². The van der Waals surface area contributed by atoms with Crippen molar-refractivity contribution in [3.05, 3.63) is 4.88 Å². The third-order valence-electron chi connectivity index (χ3n) is 2.96. The predicted molar refractivity (Wildman–Crippen MR) is 75.0 cm³/mol. The lowest BCUT2D eigenvalue weighted by Crippen LogP contribution is -2.32. The number of aromatic nitrogens is 1. The van der Waals surface area contributed by atoms with Crippen LogP contribution in [0, 0.1) is 0 Å². The number of rotatable bonds is 6. The zero-order valence-corrected chi connectivity index (χ0v) is 11.7. The largest absolute Gasteiger partial charge is 0.382 e. The van der Waals surface area contributed by atoms with E-state index in [1.165, 1.54) is 11.3 Å². The molecule has 100 valence electrons. The van der Waals surface area contributed by atoms with Crippen LogP contribution in [0.2, 0.25) is 0 Å². The minimum atomic E-state index is 0.0274. The summed E-state index contributed by atoms with van der Waals surface area (Å²) >= 11 is 1.36. The second kappa shape index (κ2) is 5.56. The van der Waals surface area contributed by atoms with Gasteiger partial charge in [0.1, 0.15) is 10.7 Å². The van der Waals surface area contributed by atoms with Crippen molar-refractivity contribution in [1.29, 1.82) is 0 Å². The Labute approximate surface area is 111 Å². The van der Waals surface area contributed by atoms with Gasteiger partial charge in [0.2, 0.25) is 0 Å². The molecule has 5 nitrogen and oxygen atoms in total. The molecule has 0 aromatic carbocycles. The summed E-state index contributed by atoms with van der Waals surface area (Å²) in [5.41, 5.74) is 5.84. The fourth-order valence-electron chi connectivity index (χ4n) is 1.88. The second-order valence-electron chi connectivity index (χ2n) is 4.48. The predicted octanol–water partition coefficient (Wildman–Crippen LogP) is 2.17. The van der Waals surface area contributed by atoms with Gasteiger partial charge in [-0.1, -0.05) is 18.3 Å². The van der Waals surface area contributed by atoms with Gasteiger partial charge >= 0.3 is 0 Å². The maximum atomic E-state index is 12.4. The van der Waals surface area contributed by atoms with Crippen molar-refractivity contribution in [2.75, 3.05) is 24.1 Å². The lowest BCUT2D eigenvalue weighted by Gasteiger charge is -2.19. The number of anilines is 2. The molecule has 0 spiro atoms. The summed E-state index contributed by atoms with van der Waals surface area (Å²) in [7, 11) is 0. The molecule has 1 fully saturated rings. The smallest absolute Gasteiger partial charge is 0.268 e. The number of hydrogen-bond acceptors (Lipinski definition) is 5. The Morgan fingerprint density at radius 3 is 2.83 bits per heavy atom. The first kappa shape index (κ1) is 13.1. The maximum Gasteiger partial charge on any atom is 0.268 e. The van der Waals surface area contributed by atoms with E-state index in [-0.39, 0.29) is 5.91 Å². The van der Waals surface area contributed by atoms with Gasteiger partial charge in [-0.05, 0) is 26.2 Å². The minimum Gasteiger partial charge on any atom is -0.382 e. The molecule has 1 aliphatic carbocycles. The molecule has 0 bridgehead atoms. The Morgan fingerprint density at radius 1 is 1.56 bits per heavy atom. The second-order valence-corrected chi connectivity index (χ2v) is 5.48. The minimum absolute atomic E-state index is 0.0274. The molecule has 2 rings (SSSR count). The summed E-state index contributed by atoms with van der Waals surface area (Å²) in [6, 6.07) is 0.413. The van der Waals surface area contributed by atoms with Crippen molar-refractivity contribution in [1.82, 2.24) is 9.88 Å². The van der Waals surface area contributed by atoms with E-state index in [1.54, 1.807) is 0 Å². The van der Waals surface area contributed by atoms with E-state index in [0.717, 1.165) is 37.5 Å². The van der Waals surface area contributed by atoms with Crippen molar-refractivity contribution in [3.8, 4) is 0 Å². The number of nitrogen functional groups attached to an aromatic ring is 1. The molecular formula is C12H20N4OS. The molecule has 1 heterocycles. The number of nitrogens with two attached hydrogens (primary N) is 1. The van der Waals surface area contributed by atoms with Crippen molar-refractivity contribution < 1.29 is 4.79 Å². The van der Waals surface area contributed by atoms with Crippen LogP contribution < -0.4 is 11.1 Å². The molecule has 0 unspecified atom stereocenters.